The standard InChI is InChI=1S/C10H12N2O2/c1-6-2-3-7(8-5-9(8)11)4-10(6)12(13)14/h2-4,8-9H,5,11H2,1H3. The number of nitro groups is 1. The number of nitrogens with zero attached hydrogens (tertiary/aromatic N) is 1. The third-order valence-corrected chi connectivity index (χ3v) is 2.70. The summed E-state index contributed by atoms with van der Waals surface area (Å²) in [4.78, 5) is 10.3. The molecule has 0 saturated heterocycles. The average molecular weight is 192 g/mol. The van der Waals surface area contributed by atoms with Gasteiger partial charge in [-0.3, -0.25) is 10.1 Å². The maximum absolute atomic E-state index is 10.7. The zero-order chi connectivity index (χ0) is 10.3. The number of rotatable bonds is 2. The number of hydrogen-bond acceptors (Lipinski definition) is 3. The quantitative estimate of drug-likeness (QED) is 0.573. The van der Waals surface area contributed by atoms with Crippen LogP contribution in [0.5, 0.6) is 0 Å². The maximum Gasteiger partial charge on any atom is 0.272 e. The van der Waals surface area contributed by atoms with E-state index in [4.69, 9.17) is 5.73 Å². The van der Waals surface area contributed by atoms with Gasteiger partial charge < -0.3 is 5.73 Å². The van der Waals surface area contributed by atoms with Gasteiger partial charge in [0, 0.05) is 23.6 Å². The minimum absolute atomic E-state index is 0.192. The fourth-order valence-electron chi connectivity index (χ4n) is 1.65. The zero-order valence-electron chi connectivity index (χ0n) is 7.93. The molecule has 2 rings (SSSR count). The molecule has 1 aromatic carbocycles. The lowest BCUT2D eigenvalue weighted by Crippen LogP contribution is -2.01. The van der Waals surface area contributed by atoms with Gasteiger partial charge in [-0.05, 0) is 18.9 Å². The van der Waals surface area contributed by atoms with Crippen molar-refractivity contribution in [2.75, 3.05) is 0 Å². The van der Waals surface area contributed by atoms with E-state index in [1.54, 1.807) is 19.1 Å². The van der Waals surface area contributed by atoms with Crippen LogP contribution in [0.2, 0.25) is 0 Å². The van der Waals surface area contributed by atoms with E-state index in [1.807, 2.05) is 6.07 Å². The Labute approximate surface area is 81.9 Å². The van der Waals surface area contributed by atoms with Crippen molar-refractivity contribution in [3.05, 3.63) is 39.4 Å². The van der Waals surface area contributed by atoms with Crippen LogP contribution < -0.4 is 5.73 Å². The normalized spacial score (nSPS) is 24.7. The third kappa shape index (κ3) is 1.48. The van der Waals surface area contributed by atoms with Gasteiger partial charge in [-0.2, -0.15) is 0 Å². The molecule has 1 saturated carbocycles. The van der Waals surface area contributed by atoms with Crippen LogP contribution >= 0.6 is 0 Å². The Morgan fingerprint density at radius 3 is 2.71 bits per heavy atom. The van der Waals surface area contributed by atoms with E-state index in [0.717, 1.165) is 12.0 Å². The topological polar surface area (TPSA) is 69.2 Å². The minimum Gasteiger partial charge on any atom is -0.327 e. The largest absolute Gasteiger partial charge is 0.327 e. The molecule has 2 unspecified atom stereocenters. The highest BCUT2D eigenvalue weighted by Crippen LogP contribution is 2.40. The molecule has 0 bridgehead atoms. The van der Waals surface area contributed by atoms with E-state index in [9.17, 15) is 10.1 Å². The summed E-state index contributed by atoms with van der Waals surface area (Å²) in [7, 11) is 0. The molecule has 74 valence electrons. The van der Waals surface area contributed by atoms with E-state index in [1.165, 1.54) is 0 Å². The Morgan fingerprint density at radius 1 is 1.57 bits per heavy atom. The second kappa shape index (κ2) is 3.06. The molecule has 1 fully saturated rings. The van der Waals surface area contributed by atoms with Gasteiger partial charge in [0.15, 0.2) is 0 Å². The van der Waals surface area contributed by atoms with E-state index in [0.29, 0.717) is 11.5 Å². The molecule has 4 nitrogen and oxygen atoms in total. The highest BCUT2D eigenvalue weighted by Gasteiger charge is 2.35. The molecule has 0 spiro atoms. The third-order valence-electron chi connectivity index (χ3n) is 2.70. The number of hydrogen-bond donors (Lipinski definition) is 1. The van der Waals surface area contributed by atoms with Crippen molar-refractivity contribution in [2.45, 2.75) is 25.3 Å². The predicted molar refractivity (Wildman–Crippen MR) is 53.2 cm³/mol. The first-order valence-electron chi connectivity index (χ1n) is 4.60. The van der Waals surface area contributed by atoms with Crippen LogP contribution in [0.25, 0.3) is 0 Å². The van der Waals surface area contributed by atoms with Crippen LogP contribution in [0.15, 0.2) is 18.2 Å². The van der Waals surface area contributed by atoms with Gasteiger partial charge in [0.05, 0.1) is 4.92 Å². The summed E-state index contributed by atoms with van der Waals surface area (Å²) in [6.07, 6.45) is 0.945. The van der Waals surface area contributed by atoms with Crippen molar-refractivity contribution in [3.8, 4) is 0 Å². The average Bonchev–Trinajstić information content (AvgIpc) is 2.83. The summed E-state index contributed by atoms with van der Waals surface area (Å²) in [6.45, 7) is 1.74. The highest BCUT2D eigenvalue weighted by molar-refractivity contribution is 5.45. The monoisotopic (exact) mass is 192 g/mol. The molecule has 0 radical (unpaired) electrons. The first-order valence-corrected chi connectivity index (χ1v) is 4.60. The fraction of sp³-hybridized carbons (Fsp3) is 0.400. The zero-order valence-corrected chi connectivity index (χ0v) is 7.93. The number of nitro benzene ring substituents is 1. The van der Waals surface area contributed by atoms with Gasteiger partial charge in [0.1, 0.15) is 0 Å². The van der Waals surface area contributed by atoms with Crippen molar-refractivity contribution in [1.82, 2.24) is 0 Å². The minimum atomic E-state index is -0.341. The van der Waals surface area contributed by atoms with Crippen molar-refractivity contribution in [1.29, 1.82) is 0 Å². The van der Waals surface area contributed by atoms with E-state index >= 15 is 0 Å². The number of aryl methyl sites for hydroxylation is 1. The molecule has 1 aromatic rings. The second-order valence-corrected chi connectivity index (χ2v) is 3.81. The number of benzene rings is 1. The smallest absolute Gasteiger partial charge is 0.272 e. The Balaban J connectivity index is 2.36. The molecular formula is C10H12N2O2. The lowest BCUT2D eigenvalue weighted by Gasteiger charge is -2.01. The SMILES string of the molecule is Cc1ccc(C2CC2N)cc1[N+](=O)[O-]. The van der Waals surface area contributed by atoms with Crippen molar-refractivity contribution in [2.24, 2.45) is 5.73 Å². The lowest BCUT2D eigenvalue weighted by molar-refractivity contribution is -0.385. The first kappa shape index (κ1) is 9.15. The number of nitrogens with two attached hydrogens (primary N) is 1. The van der Waals surface area contributed by atoms with Gasteiger partial charge in [0.2, 0.25) is 0 Å². The highest BCUT2D eigenvalue weighted by atomic mass is 16.6. The maximum atomic E-state index is 10.7. The van der Waals surface area contributed by atoms with E-state index in [-0.39, 0.29) is 16.7 Å². The van der Waals surface area contributed by atoms with E-state index in [2.05, 4.69) is 0 Å². The van der Waals surface area contributed by atoms with Gasteiger partial charge in [-0.1, -0.05) is 12.1 Å². The molecule has 2 N–H and O–H groups in total. The molecule has 0 aromatic heterocycles. The lowest BCUT2D eigenvalue weighted by atomic mass is 10.1. The Bertz CT molecular complexity index is 390. The summed E-state index contributed by atoms with van der Waals surface area (Å²) < 4.78 is 0. The molecule has 2 atom stereocenters. The fourth-order valence-corrected chi connectivity index (χ4v) is 1.65. The summed E-state index contributed by atoms with van der Waals surface area (Å²) in [5, 5.41) is 10.7. The van der Waals surface area contributed by atoms with Crippen LogP contribution in [0.4, 0.5) is 5.69 Å². The van der Waals surface area contributed by atoms with Crippen LogP contribution in [0, 0.1) is 17.0 Å². The first-order chi connectivity index (χ1) is 6.59. The van der Waals surface area contributed by atoms with E-state index < -0.39 is 0 Å². The predicted octanol–water partition coefficient (Wildman–Crippen LogP) is 1.72. The van der Waals surface area contributed by atoms with Gasteiger partial charge in [0.25, 0.3) is 5.69 Å². The molecule has 4 heteroatoms. The molecule has 0 heterocycles. The summed E-state index contributed by atoms with van der Waals surface area (Å²) in [6, 6.07) is 5.56. The Morgan fingerprint density at radius 2 is 2.21 bits per heavy atom. The van der Waals surface area contributed by atoms with Gasteiger partial charge in [-0.25, -0.2) is 0 Å². The second-order valence-electron chi connectivity index (χ2n) is 3.81. The molecule has 0 amide bonds. The van der Waals surface area contributed by atoms with Crippen molar-refractivity contribution < 1.29 is 4.92 Å². The Hall–Kier alpha value is -1.42. The molecule has 1 aliphatic carbocycles. The Kier molecular flexibility index (Phi) is 2.00. The van der Waals surface area contributed by atoms with Crippen molar-refractivity contribution in [3.63, 3.8) is 0 Å². The summed E-state index contributed by atoms with van der Waals surface area (Å²) in [5.41, 5.74) is 7.59. The molecule has 14 heavy (non-hydrogen) atoms. The molecular weight excluding hydrogens is 180 g/mol. The molecule has 0 aliphatic heterocycles. The van der Waals surface area contributed by atoms with Gasteiger partial charge in [-0.15, -0.1) is 0 Å². The summed E-state index contributed by atoms with van der Waals surface area (Å²) >= 11 is 0. The van der Waals surface area contributed by atoms with Crippen LogP contribution in [-0.4, -0.2) is 11.0 Å². The summed E-state index contributed by atoms with van der Waals surface area (Å²) in [5.74, 6) is 0.328. The van der Waals surface area contributed by atoms with Crippen LogP contribution in [-0.2, 0) is 0 Å². The van der Waals surface area contributed by atoms with Crippen LogP contribution in [0.1, 0.15) is 23.5 Å². The molecule has 1 aliphatic rings. The van der Waals surface area contributed by atoms with Crippen molar-refractivity contribution >= 4 is 5.69 Å². The van der Waals surface area contributed by atoms with Crippen LogP contribution in [0.3, 0.4) is 0 Å². The van der Waals surface area contributed by atoms with Gasteiger partial charge >= 0.3 is 0 Å².